The average Bonchev–Trinajstić information content (AvgIpc) is 3.62. The highest BCUT2D eigenvalue weighted by Gasteiger charge is 2.31. The molecule has 1 unspecified atom stereocenters. The van der Waals surface area contributed by atoms with Crippen molar-refractivity contribution in [3.8, 4) is 0 Å². The normalized spacial score (nSPS) is 14.2. The average molecular weight is 500 g/mol. The zero-order chi connectivity index (χ0) is 24.6. The Morgan fingerprint density at radius 3 is 2.47 bits per heavy atom. The number of hydrogen-bond donors (Lipinski definition) is 1. The van der Waals surface area contributed by atoms with Gasteiger partial charge in [-0.15, -0.1) is 10.2 Å². The molecule has 0 saturated heterocycles. The molecule has 1 N–H and O–H groups in total. The Morgan fingerprint density at radius 2 is 1.72 bits per heavy atom. The highest BCUT2D eigenvalue weighted by atomic mass is 32.2. The van der Waals surface area contributed by atoms with Crippen LogP contribution in [0.15, 0.2) is 88.8 Å². The topological polar surface area (TPSA) is 81.3 Å². The number of amides is 1. The van der Waals surface area contributed by atoms with Gasteiger partial charge in [-0.05, 0) is 48.2 Å². The fourth-order valence-corrected chi connectivity index (χ4v) is 5.29. The molecule has 7 nitrogen and oxygen atoms in total. The van der Waals surface area contributed by atoms with Crippen molar-refractivity contribution in [1.29, 1.82) is 0 Å². The largest absolute Gasteiger partial charge is 0.352 e. The van der Waals surface area contributed by atoms with Crippen LogP contribution >= 0.6 is 11.8 Å². The number of fused-ring (bicyclic) bond motifs is 3. The Hall–Kier alpha value is -3.98. The molecule has 3 aromatic carbocycles. The summed E-state index contributed by atoms with van der Waals surface area (Å²) in [6.07, 6.45) is 1.91. The zero-order valence-corrected chi connectivity index (χ0v) is 20.0. The van der Waals surface area contributed by atoms with E-state index in [1.54, 1.807) is 22.8 Å². The van der Waals surface area contributed by atoms with Gasteiger partial charge in [0.2, 0.25) is 11.7 Å². The van der Waals surface area contributed by atoms with E-state index in [1.807, 2.05) is 52.9 Å². The monoisotopic (exact) mass is 499 g/mol. The van der Waals surface area contributed by atoms with Gasteiger partial charge in [0.25, 0.3) is 5.56 Å². The van der Waals surface area contributed by atoms with E-state index >= 15 is 0 Å². The summed E-state index contributed by atoms with van der Waals surface area (Å²) in [6.45, 7) is 0.334. The highest BCUT2D eigenvalue weighted by molar-refractivity contribution is 8.00. The second-order valence-electron chi connectivity index (χ2n) is 8.84. The van der Waals surface area contributed by atoms with Crippen molar-refractivity contribution in [2.45, 2.75) is 35.8 Å². The van der Waals surface area contributed by atoms with E-state index in [0.717, 1.165) is 18.4 Å². The van der Waals surface area contributed by atoms with Crippen LogP contribution in [0.3, 0.4) is 0 Å². The minimum absolute atomic E-state index is 0.159. The Morgan fingerprint density at radius 1 is 1.00 bits per heavy atom. The number of aromatic nitrogens is 4. The maximum Gasteiger partial charge on any atom is 0.263 e. The predicted molar refractivity (Wildman–Crippen MR) is 136 cm³/mol. The molecule has 1 saturated carbocycles. The van der Waals surface area contributed by atoms with Crippen LogP contribution in [-0.2, 0) is 11.3 Å². The van der Waals surface area contributed by atoms with E-state index in [9.17, 15) is 14.0 Å². The Kier molecular flexibility index (Phi) is 5.77. The van der Waals surface area contributed by atoms with Crippen molar-refractivity contribution in [2.24, 2.45) is 0 Å². The summed E-state index contributed by atoms with van der Waals surface area (Å²) < 4.78 is 17.1. The van der Waals surface area contributed by atoms with Gasteiger partial charge in [0, 0.05) is 6.04 Å². The lowest BCUT2D eigenvalue weighted by atomic mass is 10.1. The van der Waals surface area contributed by atoms with Gasteiger partial charge in [-0.2, -0.15) is 0 Å². The third-order valence-corrected chi connectivity index (χ3v) is 7.42. The van der Waals surface area contributed by atoms with Gasteiger partial charge in [0.1, 0.15) is 11.1 Å². The Bertz CT molecular complexity index is 1630. The minimum atomic E-state index is -0.660. The van der Waals surface area contributed by atoms with Crippen LogP contribution < -0.4 is 10.9 Å². The van der Waals surface area contributed by atoms with Crippen LogP contribution in [0, 0.1) is 5.82 Å². The smallest absolute Gasteiger partial charge is 0.263 e. The van der Waals surface area contributed by atoms with Crippen molar-refractivity contribution in [2.75, 3.05) is 0 Å². The van der Waals surface area contributed by atoms with E-state index in [0.29, 0.717) is 33.9 Å². The van der Waals surface area contributed by atoms with Gasteiger partial charge >= 0.3 is 0 Å². The number of benzene rings is 3. The van der Waals surface area contributed by atoms with Crippen LogP contribution in [0.1, 0.15) is 29.2 Å². The van der Waals surface area contributed by atoms with Crippen molar-refractivity contribution < 1.29 is 9.18 Å². The molecule has 6 rings (SSSR count). The first-order valence-corrected chi connectivity index (χ1v) is 12.6. The molecule has 180 valence electrons. The molecule has 1 aliphatic carbocycles. The molecule has 2 aromatic heterocycles. The molecule has 0 aliphatic heterocycles. The number of rotatable bonds is 7. The number of carbonyl (C=O) groups is 1. The summed E-state index contributed by atoms with van der Waals surface area (Å²) in [6, 6.07) is 23.1. The summed E-state index contributed by atoms with van der Waals surface area (Å²) >= 11 is 1.24. The molecule has 36 heavy (non-hydrogen) atoms. The standard InChI is InChI=1S/C27H22FN5O2S/c28-19-12-10-18(11-13-19)23(24(34)29-20-14-15-20)36-27-31-30-26-32(16-17-6-2-1-3-7-17)25(35)21-8-4-5-9-22(21)33(26)27/h1-13,20,23H,14-16H2,(H,29,34). The third-order valence-electron chi connectivity index (χ3n) is 6.22. The lowest BCUT2D eigenvalue weighted by Gasteiger charge is -2.17. The molecule has 5 aromatic rings. The molecule has 9 heteroatoms. The van der Waals surface area contributed by atoms with Crippen molar-refractivity contribution >= 4 is 34.3 Å². The predicted octanol–water partition coefficient (Wildman–Crippen LogP) is 4.34. The van der Waals surface area contributed by atoms with E-state index in [-0.39, 0.29) is 23.3 Å². The number of para-hydroxylation sites is 1. The Balaban J connectivity index is 1.49. The fourth-order valence-electron chi connectivity index (χ4n) is 4.24. The van der Waals surface area contributed by atoms with Crippen LogP contribution in [0.5, 0.6) is 0 Å². The molecule has 0 bridgehead atoms. The van der Waals surface area contributed by atoms with Crippen LogP contribution in [0.4, 0.5) is 4.39 Å². The molecule has 2 heterocycles. The highest BCUT2D eigenvalue weighted by Crippen LogP contribution is 2.36. The van der Waals surface area contributed by atoms with Gasteiger partial charge in [-0.1, -0.05) is 66.4 Å². The number of thioether (sulfide) groups is 1. The number of hydrogen-bond acceptors (Lipinski definition) is 5. The summed E-state index contributed by atoms with van der Waals surface area (Å²) in [4.78, 5) is 26.7. The lowest BCUT2D eigenvalue weighted by Crippen LogP contribution is -2.30. The van der Waals surface area contributed by atoms with Gasteiger partial charge in [-0.3, -0.25) is 18.6 Å². The molecule has 0 radical (unpaired) electrons. The van der Waals surface area contributed by atoms with Crippen LogP contribution in [-0.4, -0.2) is 31.1 Å². The van der Waals surface area contributed by atoms with Crippen LogP contribution in [0.2, 0.25) is 0 Å². The number of nitrogens with one attached hydrogen (secondary N) is 1. The quantitative estimate of drug-likeness (QED) is 0.337. The lowest BCUT2D eigenvalue weighted by molar-refractivity contribution is -0.120. The first-order valence-electron chi connectivity index (χ1n) is 11.7. The number of halogens is 1. The van der Waals surface area contributed by atoms with Crippen molar-refractivity contribution in [1.82, 2.24) is 24.5 Å². The van der Waals surface area contributed by atoms with Gasteiger partial charge in [0.05, 0.1) is 17.4 Å². The van der Waals surface area contributed by atoms with Crippen LogP contribution in [0.25, 0.3) is 16.7 Å². The first kappa shape index (κ1) is 22.5. The molecule has 0 spiro atoms. The van der Waals surface area contributed by atoms with Gasteiger partial charge in [-0.25, -0.2) is 4.39 Å². The molecule has 1 fully saturated rings. The van der Waals surface area contributed by atoms with E-state index in [4.69, 9.17) is 0 Å². The molecule has 1 amide bonds. The maximum atomic E-state index is 13.6. The van der Waals surface area contributed by atoms with Crippen molar-refractivity contribution in [3.63, 3.8) is 0 Å². The summed E-state index contributed by atoms with van der Waals surface area (Å²) in [5, 5.41) is 12.2. The number of carbonyl (C=O) groups excluding carboxylic acids is 1. The minimum Gasteiger partial charge on any atom is -0.352 e. The summed E-state index contributed by atoms with van der Waals surface area (Å²) in [5.41, 5.74) is 2.13. The van der Waals surface area contributed by atoms with Crippen molar-refractivity contribution in [3.05, 3.63) is 106 Å². The second kappa shape index (κ2) is 9.23. The SMILES string of the molecule is O=C(NC1CC1)C(Sc1nnc2n(Cc3ccccc3)c(=O)c3ccccc3n12)c1ccc(F)cc1. The number of nitrogens with zero attached hydrogens (tertiary/aromatic N) is 4. The molecule has 1 aliphatic rings. The summed E-state index contributed by atoms with van der Waals surface area (Å²) in [5.74, 6) is -0.132. The van der Waals surface area contributed by atoms with E-state index in [2.05, 4.69) is 15.5 Å². The second-order valence-corrected chi connectivity index (χ2v) is 9.92. The van der Waals surface area contributed by atoms with E-state index < -0.39 is 5.25 Å². The molecular weight excluding hydrogens is 477 g/mol. The van der Waals surface area contributed by atoms with E-state index in [1.165, 1.54) is 23.9 Å². The van der Waals surface area contributed by atoms with Gasteiger partial charge in [0.15, 0.2) is 5.16 Å². The first-order chi connectivity index (χ1) is 17.6. The fraction of sp³-hybridized carbons (Fsp3) is 0.185. The maximum absolute atomic E-state index is 13.6. The molecular formula is C27H22FN5O2S. The van der Waals surface area contributed by atoms with Gasteiger partial charge < -0.3 is 5.32 Å². The third kappa shape index (κ3) is 4.26. The summed E-state index contributed by atoms with van der Waals surface area (Å²) in [7, 11) is 0. The zero-order valence-electron chi connectivity index (χ0n) is 19.2. The molecule has 1 atom stereocenters. The Labute approximate surface area is 210 Å².